The summed E-state index contributed by atoms with van der Waals surface area (Å²) in [6.45, 7) is 2.57. The number of amides is 2. The molecule has 0 aromatic heterocycles. The van der Waals surface area contributed by atoms with Crippen LogP contribution >= 0.6 is 0 Å². The summed E-state index contributed by atoms with van der Waals surface area (Å²) >= 11 is 0. The Morgan fingerprint density at radius 1 is 1.37 bits per heavy atom. The number of carbonyl (C=O) groups is 3. The molecule has 0 bridgehead atoms. The molecule has 1 saturated carbocycles. The molecule has 1 N–H and O–H groups in total. The third kappa shape index (κ3) is 2.49. The number of likely N-dealkylation sites (N-methyl/N-ethyl adjacent to an activating group) is 1. The van der Waals surface area contributed by atoms with Crippen molar-refractivity contribution >= 4 is 17.8 Å². The average molecular weight is 268 g/mol. The molecule has 6 heteroatoms. The van der Waals surface area contributed by atoms with Crippen LogP contribution in [-0.4, -0.2) is 48.4 Å². The van der Waals surface area contributed by atoms with E-state index in [-0.39, 0.29) is 43.1 Å². The molecule has 1 atom stereocenters. The first-order valence-corrected chi connectivity index (χ1v) is 6.71. The summed E-state index contributed by atoms with van der Waals surface area (Å²) in [5.41, 5.74) is -0.931. The first-order valence-electron chi connectivity index (χ1n) is 6.71. The van der Waals surface area contributed by atoms with Crippen molar-refractivity contribution in [3.63, 3.8) is 0 Å². The minimum absolute atomic E-state index is 0.0931. The van der Waals surface area contributed by atoms with Crippen molar-refractivity contribution in [2.24, 2.45) is 5.92 Å². The van der Waals surface area contributed by atoms with Gasteiger partial charge < -0.3 is 10.1 Å². The minimum atomic E-state index is -0.931. The maximum absolute atomic E-state index is 12.2. The molecule has 1 unspecified atom stereocenters. The van der Waals surface area contributed by atoms with Gasteiger partial charge in [0, 0.05) is 12.8 Å². The van der Waals surface area contributed by atoms with E-state index in [0.29, 0.717) is 6.54 Å². The zero-order chi connectivity index (χ0) is 14.0. The second-order valence-corrected chi connectivity index (χ2v) is 5.14. The third-order valence-electron chi connectivity index (χ3n) is 3.88. The number of hydrogen-bond acceptors (Lipinski definition) is 5. The predicted octanol–water partition coefficient (Wildman–Crippen LogP) is 0.0667. The smallest absolute Gasteiger partial charge is 0.328 e. The van der Waals surface area contributed by atoms with Gasteiger partial charge in [-0.15, -0.1) is 0 Å². The van der Waals surface area contributed by atoms with Crippen LogP contribution in [-0.2, 0) is 19.1 Å². The van der Waals surface area contributed by atoms with Crippen molar-refractivity contribution in [3.8, 4) is 0 Å². The van der Waals surface area contributed by atoms with Gasteiger partial charge in [0.25, 0.3) is 0 Å². The van der Waals surface area contributed by atoms with Crippen LogP contribution < -0.4 is 5.32 Å². The van der Waals surface area contributed by atoms with Crippen molar-refractivity contribution in [1.29, 1.82) is 0 Å². The Kier molecular flexibility index (Phi) is 3.89. The fourth-order valence-corrected chi connectivity index (χ4v) is 2.76. The van der Waals surface area contributed by atoms with Crippen LogP contribution in [0.5, 0.6) is 0 Å². The lowest BCUT2D eigenvalue weighted by atomic mass is 9.92. The normalized spacial score (nSPS) is 22.5. The molecule has 6 nitrogen and oxygen atoms in total. The number of imide groups is 1. The van der Waals surface area contributed by atoms with Crippen LogP contribution in [0.15, 0.2) is 0 Å². The highest BCUT2D eigenvalue weighted by Crippen LogP contribution is 2.41. The Bertz CT molecular complexity index is 389. The van der Waals surface area contributed by atoms with Crippen molar-refractivity contribution < 1.29 is 19.1 Å². The van der Waals surface area contributed by atoms with E-state index in [9.17, 15) is 14.4 Å². The molecule has 2 rings (SSSR count). The van der Waals surface area contributed by atoms with Crippen molar-refractivity contribution in [2.75, 3.05) is 20.2 Å². The first kappa shape index (κ1) is 14.0. The minimum Gasteiger partial charge on any atom is -0.468 e. The van der Waals surface area contributed by atoms with E-state index in [4.69, 9.17) is 4.74 Å². The predicted molar refractivity (Wildman–Crippen MR) is 67.1 cm³/mol. The van der Waals surface area contributed by atoms with Crippen molar-refractivity contribution in [1.82, 2.24) is 10.2 Å². The molecular formula is C13H20N2O4. The van der Waals surface area contributed by atoms with Crippen LogP contribution in [0.2, 0.25) is 0 Å². The Labute approximate surface area is 112 Å². The van der Waals surface area contributed by atoms with Crippen LogP contribution in [0.1, 0.15) is 32.6 Å². The molecule has 0 aromatic rings. The van der Waals surface area contributed by atoms with Crippen molar-refractivity contribution in [3.05, 3.63) is 0 Å². The van der Waals surface area contributed by atoms with Crippen LogP contribution in [0, 0.1) is 5.92 Å². The van der Waals surface area contributed by atoms with Gasteiger partial charge in [-0.25, -0.2) is 4.79 Å². The molecule has 2 fully saturated rings. The summed E-state index contributed by atoms with van der Waals surface area (Å²) in [5, 5.41) is 3.16. The monoisotopic (exact) mass is 268 g/mol. The summed E-state index contributed by atoms with van der Waals surface area (Å²) in [6.07, 6.45) is 2.32. The van der Waals surface area contributed by atoms with Gasteiger partial charge in [-0.3, -0.25) is 14.5 Å². The van der Waals surface area contributed by atoms with E-state index >= 15 is 0 Å². The molecular weight excluding hydrogens is 248 g/mol. The van der Waals surface area contributed by atoms with E-state index < -0.39 is 5.54 Å². The van der Waals surface area contributed by atoms with Gasteiger partial charge in [0.15, 0.2) is 0 Å². The van der Waals surface area contributed by atoms with Gasteiger partial charge in [-0.05, 0) is 25.3 Å². The lowest BCUT2D eigenvalue weighted by Crippen LogP contribution is -2.61. The zero-order valence-corrected chi connectivity index (χ0v) is 11.4. The topological polar surface area (TPSA) is 75.7 Å². The van der Waals surface area contributed by atoms with Gasteiger partial charge in [0.1, 0.15) is 5.54 Å². The van der Waals surface area contributed by atoms with E-state index in [1.165, 1.54) is 12.0 Å². The number of hydrogen-bond donors (Lipinski definition) is 1. The molecule has 2 amide bonds. The molecule has 1 heterocycles. The fraction of sp³-hybridized carbons (Fsp3) is 0.769. The molecule has 2 aliphatic rings. The second-order valence-electron chi connectivity index (χ2n) is 5.14. The Morgan fingerprint density at radius 3 is 2.37 bits per heavy atom. The zero-order valence-electron chi connectivity index (χ0n) is 11.4. The quantitative estimate of drug-likeness (QED) is 0.545. The SMILES string of the molecule is CCNC(CN1C(=O)CCC1=O)(C(=O)OC)C1CC1. The van der Waals surface area contributed by atoms with Gasteiger partial charge in [0.05, 0.1) is 13.7 Å². The molecule has 0 radical (unpaired) electrons. The Hall–Kier alpha value is -1.43. The molecule has 1 saturated heterocycles. The van der Waals surface area contributed by atoms with E-state index in [1.807, 2.05) is 6.92 Å². The number of esters is 1. The summed E-state index contributed by atoms with van der Waals surface area (Å²) < 4.78 is 4.90. The van der Waals surface area contributed by atoms with E-state index in [1.54, 1.807) is 0 Å². The molecule has 0 spiro atoms. The Morgan fingerprint density at radius 2 is 1.95 bits per heavy atom. The van der Waals surface area contributed by atoms with Crippen LogP contribution in [0.25, 0.3) is 0 Å². The standard InChI is InChI=1S/C13H20N2O4/c1-3-14-13(9-4-5-9,12(18)19-2)8-15-10(16)6-7-11(15)17/h9,14H,3-8H2,1-2H3. The number of carbonyl (C=O) groups excluding carboxylic acids is 3. The number of rotatable bonds is 6. The number of likely N-dealkylation sites (tertiary alicyclic amines) is 1. The maximum Gasteiger partial charge on any atom is 0.328 e. The summed E-state index contributed by atoms with van der Waals surface area (Å²) in [5.74, 6) is -0.640. The number of nitrogens with one attached hydrogen (secondary N) is 1. The van der Waals surface area contributed by atoms with Crippen LogP contribution in [0.3, 0.4) is 0 Å². The largest absolute Gasteiger partial charge is 0.468 e. The van der Waals surface area contributed by atoms with Gasteiger partial charge in [0.2, 0.25) is 11.8 Å². The highest BCUT2D eigenvalue weighted by Gasteiger charge is 2.54. The molecule has 1 aliphatic heterocycles. The highest BCUT2D eigenvalue weighted by atomic mass is 16.5. The fourth-order valence-electron chi connectivity index (χ4n) is 2.76. The van der Waals surface area contributed by atoms with Gasteiger partial charge in [-0.1, -0.05) is 6.92 Å². The third-order valence-corrected chi connectivity index (χ3v) is 3.88. The number of ether oxygens (including phenoxy) is 1. The van der Waals surface area contributed by atoms with Crippen LogP contribution in [0.4, 0.5) is 0 Å². The summed E-state index contributed by atoms with van der Waals surface area (Å²) in [4.78, 5) is 36.9. The first-order chi connectivity index (χ1) is 9.05. The van der Waals surface area contributed by atoms with E-state index in [2.05, 4.69) is 5.32 Å². The average Bonchev–Trinajstić information content (AvgIpc) is 3.20. The Balaban J connectivity index is 2.23. The lowest BCUT2D eigenvalue weighted by molar-refractivity contribution is -0.152. The lowest BCUT2D eigenvalue weighted by Gasteiger charge is -2.34. The number of methoxy groups -OCH3 is 1. The van der Waals surface area contributed by atoms with Gasteiger partial charge >= 0.3 is 5.97 Å². The highest BCUT2D eigenvalue weighted by molar-refractivity contribution is 6.02. The van der Waals surface area contributed by atoms with E-state index in [0.717, 1.165) is 12.8 Å². The molecule has 106 valence electrons. The molecule has 1 aliphatic carbocycles. The van der Waals surface area contributed by atoms with Crippen molar-refractivity contribution in [2.45, 2.75) is 38.1 Å². The summed E-state index contributed by atoms with van der Waals surface area (Å²) in [6, 6.07) is 0. The van der Waals surface area contributed by atoms with Gasteiger partial charge in [-0.2, -0.15) is 0 Å². The summed E-state index contributed by atoms with van der Waals surface area (Å²) in [7, 11) is 1.34. The number of nitrogens with zero attached hydrogens (tertiary/aromatic N) is 1. The maximum atomic E-state index is 12.2. The second kappa shape index (κ2) is 5.28. The molecule has 0 aromatic carbocycles. The molecule has 19 heavy (non-hydrogen) atoms.